The van der Waals surface area contributed by atoms with Crippen LogP contribution in [0.5, 0.6) is 0 Å². The highest BCUT2D eigenvalue weighted by Crippen LogP contribution is 2.32. The van der Waals surface area contributed by atoms with Gasteiger partial charge in [0.15, 0.2) is 0 Å². The Morgan fingerprint density at radius 3 is 2.55 bits per heavy atom. The third kappa shape index (κ3) is 4.99. The maximum Gasteiger partial charge on any atom is 0.416 e. The number of ether oxygens (including phenoxy) is 1. The minimum absolute atomic E-state index is 0. The molecular formula is C12H16ClF3N2O2. The van der Waals surface area contributed by atoms with Gasteiger partial charge in [-0.05, 0) is 24.6 Å². The summed E-state index contributed by atoms with van der Waals surface area (Å²) in [7, 11) is 1.38. The van der Waals surface area contributed by atoms with E-state index in [9.17, 15) is 18.0 Å². The molecule has 4 nitrogen and oxygen atoms in total. The number of hydrogen-bond donors (Lipinski definition) is 2. The first-order valence-corrected chi connectivity index (χ1v) is 5.49. The first-order chi connectivity index (χ1) is 8.75. The van der Waals surface area contributed by atoms with Gasteiger partial charge in [-0.1, -0.05) is 6.07 Å². The molecule has 1 aromatic carbocycles. The molecule has 0 spiro atoms. The average molecular weight is 313 g/mol. The number of carbonyl (C=O) groups excluding carboxylic acids is 1. The zero-order chi connectivity index (χ0) is 14.6. The van der Waals surface area contributed by atoms with E-state index in [1.807, 2.05) is 0 Å². The molecule has 0 aliphatic carbocycles. The molecule has 8 heteroatoms. The van der Waals surface area contributed by atoms with Crippen LogP contribution in [0.4, 0.5) is 18.9 Å². The number of halogens is 4. The summed E-state index contributed by atoms with van der Waals surface area (Å²) < 4.78 is 42.4. The molecule has 1 aromatic rings. The monoisotopic (exact) mass is 312 g/mol. The number of carbonyl (C=O) groups is 1. The summed E-state index contributed by atoms with van der Waals surface area (Å²) in [6.45, 7) is 1.58. The Morgan fingerprint density at radius 2 is 2.05 bits per heavy atom. The molecule has 114 valence electrons. The van der Waals surface area contributed by atoms with Crippen LogP contribution in [0.2, 0.25) is 0 Å². The molecule has 1 atom stereocenters. The van der Waals surface area contributed by atoms with Crippen molar-refractivity contribution in [1.82, 2.24) is 0 Å². The van der Waals surface area contributed by atoms with Crippen LogP contribution >= 0.6 is 12.4 Å². The Hall–Kier alpha value is -1.31. The number of hydrogen-bond acceptors (Lipinski definition) is 3. The van der Waals surface area contributed by atoms with E-state index in [0.717, 1.165) is 12.1 Å². The van der Waals surface area contributed by atoms with Crippen LogP contribution in [0.25, 0.3) is 0 Å². The molecule has 0 aliphatic rings. The SMILES string of the molecule is COCC(N)C(=O)Nc1cc(C(F)(F)F)ccc1C.Cl. The largest absolute Gasteiger partial charge is 0.416 e. The second-order valence-corrected chi connectivity index (χ2v) is 4.08. The number of benzene rings is 1. The van der Waals surface area contributed by atoms with Crippen LogP contribution in [-0.4, -0.2) is 25.7 Å². The Kier molecular flexibility index (Phi) is 6.98. The maximum atomic E-state index is 12.6. The molecule has 0 aliphatic heterocycles. The van der Waals surface area contributed by atoms with Gasteiger partial charge in [0.2, 0.25) is 5.91 Å². The lowest BCUT2D eigenvalue weighted by atomic mass is 10.1. The van der Waals surface area contributed by atoms with Crippen molar-refractivity contribution in [2.45, 2.75) is 19.1 Å². The van der Waals surface area contributed by atoms with Gasteiger partial charge in [0.25, 0.3) is 0 Å². The third-order valence-electron chi connectivity index (χ3n) is 2.51. The number of rotatable bonds is 4. The molecule has 0 radical (unpaired) electrons. The van der Waals surface area contributed by atoms with Crippen LogP contribution in [0.3, 0.4) is 0 Å². The van der Waals surface area contributed by atoms with Gasteiger partial charge in [0.05, 0.1) is 12.2 Å². The molecule has 20 heavy (non-hydrogen) atoms. The number of nitrogens with two attached hydrogens (primary N) is 1. The van der Waals surface area contributed by atoms with Crippen LogP contribution in [0, 0.1) is 6.92 Å². The number of anilines is 1. The predicted molar refractivity (Wildman–Crippen MR) is 71.9 cm³/mol. The minimum atomic E-state index is -4.46. The highest BCUT2D eigenvalue weighted by molar-refractivity contribution is 5.95. The molecule has 0 aromatic heterocycles. The van der Waals surface area contributed by atoms with Crippen molar-refractivity contribution in [3.63, 3.8) is 0 Å². The summed E-state index contributed by atoms with van der Waals surface area (Å²) in [5.74, 6) is -0.593. The van der Waals surface area contributed by atoms with Gasteiger partial charge in [0.1, 0.15) is 6.04 Å². The fourth-order valence-corrected chi connectivity index (χ4v) is 1.41. The summed E-state index contributed by atoms with van der Waals surface area (Å²) in [5, 5.41) is 2.36. The minimum Gasteiger partial charge on any atom is -0.383 e. The van der Waals surface area contributed by atoms with Gasteiger partial charge in [-0.2, -0.15) is 13.2 Å². The van der Waals surface area contributed by atoms with Gasteiger partial charge in [-0.3, -0.25) is 4.79 Å². The normalized spacial score (nSPS) is 12.5. The number of aryl methyl sites for hydroxylation is 1. The van der Waals surface area contributed by atoms with E-state index >= 15 is 0 Å². The number of alkyl halides is 3. The third-order valence-corrected chi connectivity index (χ3v) is 2.51. The molecule has 0 saturated carbocycles. The standard InChI is InChI=1S/C12H15F3N2O2.ClH/c1-7-3-4-8(12(13,14)15)5-10(7)17-11(18)9(16)6-19-2;/h3-5,9H,6,16H2,1-2H3,(H,17,18);1H. The van der Waals surface area contributed by atoms with E-state index in [2.05, 4.69) is 5.32 Å². The van der Waals surface area contributed by atoms with Crippen LogP contribution < -0.4 is 11.1 Å². The lowest BCUT2D eigenvalue weighted by Crippen LogP contribution is -2.39. The van der Waals surface area contributed by atoms with E-state index in [1.165, 1.54) is 13.2 Å². The highest BCUT2D eigenvalue weighted by Gasteiger charge is 2.31. The van der Waals surface area contributed by atoms with Crippen LogP contribution in [0.15, 0.2) is 18.2 Å². The summed E-state index contributed by atoms with van der Waals surface area (Å²) in [5.41, 5.74) is 5.27. The van der Waals surface area contributed by atoms with E-state index in [1.54, 1.807) is 6.92 Å². The second kappa shape index (κ2) is 7.47. The van der Waals surface area contributed by atoms with Gasteiger partial charge >= 0.3 is 6.18 Å². The van der Waals surface area contributed by atoms with Crippen molar-refractivity contribution in [3.8, 4) is 0 Å². The van der Waals surface area contributed by atoms with Crippen molar-refractivity contribution < 1.29 is 22.7 Å². The van der Waals surface area contributed by atoms with Crippen LogP contribution in [0.1, 0.15) is 11.1 Å². The molecule has 0 fully saturated rings. The summed E-state index contributed by atoms with van der Waals surface area (Å²) >= 11 is 0. The molecule has 0 heterocycles. The van der Waals surface area contributed by atoms with Gasteiger partial charge in [-0.15, -0.1) is 12.4 Å². The van der Waals surface area contributed by atoms with E-state index < -0.39 is 23.7 Å². The summed E-state index contributed by atoms with van der Waals surface area (Å²) in [4.78, 5) is 11.6. The van der Waals surface area contributed by atoms with Crippen molar-refractivity contribution in [1.29, 1.82) is 0 Å². The lowest BCUT2D eigenvalue weighted by molar-refractivity contribution is -0.137. The topological polar surface area (TPSA) is 64.3 Å². The van der Waals surface area contributed by atoms with Gasteiger partial charge < -0.3 is 15.8 Å². The molecule has 1 rings (SSSR count). The number of amides is 1. The summed E-state index contributed by atoms with van der Waals surface area (Å²) in [6, 6.07) is 2.20. The lowest BCUT2D eigenvalue weighted by Gasteiger charge is -2.15. The zero-order valence-electron chi connectivity index (χ0n) is 11.0. The fraction of sp³-hybridized carbons (Fsp3) is 0.417. The Balaban J connectivity index is 0.00000361. The Labute approximate surface area is 120 Å². The first kappa shape index (κ1) is 18.7. The fourth-order valence-electron chi connectivity index (χ4n) is 1.41. The highest BCUT2D eigenvalue weighted by atomic mass is 35.5. The Morgan fingerprint density at radius 1 is 1.45 bits per heavy atom. The predicted octanol–water partition coefficient (Wildman–Crippen LogP) is 2.35. The van der Waals surface area contributed by atoms with Gasteiger partial charge in [-0.25, -0.2) is 0 Å². The van der Waals surface area contributed by atoms with Crippen molar-refractivity contribution in [2.75, 3.05) is 19.0 Å². The van der Waals surface area contributed by atoms with Gasteiger partial charge in [0, 0.05) is 12.8 Å². The number of methoxy groups -OCH3 is 1. The average Bonchev–Trinajstić information content (AvgIpc) is 2.30. The molecule has 3 N–H and O–H groups in total. The molecule has 0 saturated heterocycles. The van der Waals surface area contributed by atoms with Crippen LogP contribution in [-0.2, 0) is 15.7 Å². The van der Waals surface area contributed by atoms with E-state index in [4.69, 9.17) is 10.5 Å². The van der Waals surface area contributed by atoms with Crippen molar-refractivity contribution >= 4 is 24.0 Å². The smallest absolute Gasteiger partial charge is 0.383 e. The number of nitrogens with one attached hydrogen (secondary N) is 1. The first-order valence-electron chi connectivity index (χ1n) is 5.49. The maximum absolute atomic E-state index is 12.6. The summed E-state index contributed by atoms with van der Waals surface area (Å²) in [6.07, 6.45) is -4.46. The molecule has 1 unspecified atom stereocenters. The molecule has 1 amide bonds. The quantitative estimate of drug-likeness (QED) is 0.897. The molecular weight excluding hydrogens is 297 g/mol. The van der Waals surface area contributed by atoms with Crippen molar-refractivity contribution in [2.24, 2.45) is 5.73 Å². The molecule has 0 bridgehead atoms. The zero-order valence-corrected chi connectivity index (χ0v) is 11.8. The second-order valence-electron chi connectivity index (χ2n) is 4.08. The Bertz CT molecular complexity index is 467. The van der Waals surface area contributed by atoms with E-state index in [-0.39, 0.29) is 24.7 Å². The van der Waals surface area contributed by atoms with Crippen molar-refractivity contribution in [3.05, 3.63) is 29.3 Å². The van der Waals surface area contributed by atoms with E-state index in [0.29, 0.717) is 5.56 Å².